The van der Waals surface area contributed by atoms with Gasteiger partial charge in [0.15, 0.2) is 0 Å². The van der Waals surface area contributed by atoms with E-state index in [2.05, 4.69) is 4.98 Å². The number of aromatic amines is 1. The van der Waals surface area contributed by atoms with Gasteiger partial charge in [-0.1, -0.05) is 12.1 Å². The van der Waals surface area contributed by atoms with Crippen LogP contribution in [0, 0.1) is 0 Å². The Kier molecular flexibility index (Phi) is 2.07. The maximum atomic E-state index is 10.7. The maximum Gasteiger partial charge on any atom is 0.335 e. The van der Waals surface area contributed by atoms with Crippen LogP contribution in [0.2, 0.25) is 0 Å². The monoisotopic (exact) mass is 187 g/mol. The van der Waals surface area contributed by atoms with Gasteiger partial charge in [0.2, 0.25) is 0 Å². The van der Waals surface area contributed by atoms with Gasteiger partial charge in [-0.25, -0.2) is 4.79 Å². The summed E-state index contributed by atoms with van der Waals surface area (Å²) in [6.07, 6.45) is 3.64. The van der Waals surface area contributed by atoms with Crippen LogP contribution in [0.25, 0.3) is 11.1 Å². The molecule has 0 spiro atoms. The third kappa shape index (κ3) is 1.52. The van der Waals surface area contributed by atoms with Crippen molar-refractivity contribution >= 4 is 5.97 Å². The van der Waals surface area contributed by atoms with E-state index in [-0.39, 0.29) is 0 Å². The molecule has 1 aromatic carbocycles. The van der Waals surface area contributed by atoms with Crippen LogP contribution >= 0.6 is 0 Å². The molecule has 0 aliphatic carbocycles. The summed E-state index contributed by atoms with van der Waals surface area (Å²) in [5, 5.41) is 8.80. The molecule has 0 amide bonds. The van der Waals surface area contributed by atoms with E-state index in [0.29, 0.717) is 5.56 Å². The molecule has 70 valence electrons. The van der Waals surface area contributed by atoms with Crippen molar-refractivity contribution in [3.63, 3.8) is 0 Å². The lowest BCUT2D eigenvalue weighted by Gasteiger charge is -1.99. The number of hydrogen-bond acceptors (Lipinski definition) is 1. The second-order valence-corrected chi connectivity index (χ2v) is 2.99. The fraction of sp³-hybridized carbons (Fsp3) is 0. The van der Waals surface area contributed by atoms with E-state index >= 15 is 0 Å². The molecule has 0 aliphatic heterocycles. The van der Waals surface area contributed by atoms with Gasteiger partial charge in [-0.2, -0.15) is 0 Å². The lowest BCUT2D eigenvalue weighted by Crippen LogP contribution is -1.95. The van der Waals surface area contributed by atoms with Crippen molar-refractivity contribution in [2.24, 2.45) is 0 Å². The molecular weight excluding hydrogens is 178 g/mol. The normalized spacial score (nSPS) is 10.0. The highest BCUT2D eigenvalue weighted by molar-refractivity contribution is 5.89. The zero-order valence-corrected chi connectivity index (χ0v) is 7.40. The summed E-state index contributed by atoms with van der Waals surface area (Å²) in [5.74, 6) is -0.901. The summed E-state index contributed by atoms with van der Waals surface area (Å²) in [5.41, 5.74) is 2.21. The molecule has 0 radical (unpaired) electrons. The SMILES string of the molecule is O=C(O)c1cccc(-c2cc[nH]c2)c1. The molecule has 1 aromatic heterocycles. The van der Waals surface area contributed by atoms with Gasteiger partial charge in [0.25, 0.3) is 0 Å². The van der Waals surface area contributed by atoms with Crippen LogP contribution in [0.3, 0.4) is 0 Å². The fourth-order valence-electron chi connectivity index (χ4n) is 1.34. The van der Waals surface area contributed by atoms with E-state index in [9.17, 15) is 4.79 Å². The largest absolute Gasteiger partial charge is 0.478 e. The first-order valence-electron chi connectivity index (χ1n) is 4.24. The highest BCUT2D eigenvalue weighted by Crippen LogP contribution is 2.19. The fourth-order valence-corrected chi connectivity index (χ4v) is 1.34. The van der Waals surface area contributed by atoms with Crippen molar-refractivity contribution in [3.05, 3.63) is 48.3 Å². The Morgan fingerprint density at radius 2 is 2.07 bits per heavy atom. The molecule has 0 fully saturated rings. The van der Waals surface area contributed by atoms with Gasteiger partial charge in [-0.3, -0.25) is 0 Å². The van der Waals surface area contributed by atoms with Gasteiger partial charge in [0.1, 0.15) is 0 Å². The molecule has 0 unspecified atom stereocenters. The molecule has 0 atom stereocenters. The summed E-state index contributed by atoms with van der Waals surface area (Å²) in [6.45, 7) is 0. The summed E-state index contributed by atoms with van der Waals surface area (Å²) in [4.78, 5) is 13.6. The second-order valence-electron chi connectivity index (χ2n) is 2.99. The minimum atomic E-state index is -0.901. The number of hydrogen-bond donors (Lipinski definition) is 2. The Labute approximate surface area is 81.0 Å². The summed E-state index contributed by atoms with van der Waals surface area (Å²) >= 11 is 0. The van der Waals surface area contributed by atoms with E-state index in [1.807, 2.05) is 24.5 Å². The number of rotatable bonds is 2. The van der Waals surface area contributed by atoms with Gasteiger partial charge < -0.3 is 10.1 Å². The first-order valence-corrected chi connectivity index (χ1v) is 4.24. The Morgan fingerprint density at radius 3 is 2.71 bits per heavy atom. The minimum absolute atomic E-state index is 0.309. The Hall–Kier alpha value is -2.03. The minimum Gasteiger partial charge on any atom is -0.478 e. The predicted octanol–water partition coefficient (Wildman–Crippen LogP) is 2.38. The molecular formula is C11H9NO2. The third-order valence-electron chi connectivity index (χ3n) is 2.04. The van der Waals surface area contributed by atoms with Crippen LogP contribution < -0.4 is 0 Å². The molecule has 0 aliphatic rings. The van der Waals surface area contributed by atoms with Crippen LogP contribution in [0.5, 0.6) is 0 Å². The van der Waals surface area contributed by atoms with Crippen LogP contribution in [0.4, 0.5) is 0 Å². The first kappa shape index (κ1) is 8.56. The molecule has 2 rings (SSSR count). The molecule has 14 heavy (non-hydrogen) atoms. The number of aromatic nitrogens is 1. The number of carbonyl (C=O) groups is 1. The topological polar surface area (TPSA) is 53.1 Å². The van der Waals surface area contributed by atoms with Crippen LogP contribution in [0.1, 0.15) is 10.4 Å². The standard InChI is InChI=1S/C11H9NO2/c13-11(14)9-3-1-2-8(6-9)10-4-5-12-7-10/h1-7,12H,(H,13,14). The quantitative estimate of drug-likeness (QED) is 0.758. The van der Waals surface area contributed by atoms with E-state index in [0.717, 1.165) is 11.1 Å². The Morgan fingerprint density at radius 1 is 1.21 bits per heavy atom. The molecule has 0 bridgehead atoms. The van der Waals surface area contributed by atoms with Crippen LogP contribution in [-0.4, -0.2) is 16.1 Å². The van der Waals surface area contributed by atoms with Gasteiger partial charge in [0, 0.05) is 12.4 Å². The summed E-state index contributed by atoms with van der Waals surface area (Å²) in [6, 6.07) is 8.77. The van der Waals surface area contributed by atoms with E-state index in [1.165, 1.54) is 0 Å². The van der Waals surface area contributed by atoms with Crippen molar-refractivity contribution in [2.45, 2.75) is 0 Å². The van der Waals surface area contributed by atoms with Crippen molar-refractivity contribution in [3.8, 4) is 11.1 Å². The van der Waals surface area contributed by atoms with Gasteiger partial charge in [-0.15, -0.1) is 0 Å². The van der Waals surface area contributed by atoms with E-state index < -0.39 is 5.97 Å². The Bertz CT molecular complexity index is 446. The van der Waals surface area contributed by atoms with E-state index in [1.54, 1.807) is 18.2 Å². The molecule has 0 saturated heterocycles. The summed E-state index contributed by atoms with van der Waals surface area (Å²) in [7, 11) is 0. The van der Waals surface area contributed by atoms with Crippen molar-refractivity contribution < 1.29 is 9.90 Å². The number of aromatic carboxylic acids is 1. The second kappa shape index (κ2) is 3.38. The number of benzene rings is 1. The molecule has 3 heteroatoms. The average Bonchev–Trinajstić information content (AvgIpc) is 2.71. The number of H-pyrrole nitrogens is 1. The number of carboxylic acid groups (broad SMARTS) is 1. The number of carboxylic acids is 1. The molecule has 2 aromatic rings. The maximum absolute atomic E-state index is 10.7. The highest BCUT2D eigenvalue weighted by atomic mass is 16.4. The molecule has 2 N–H and O–H groups in total. The van der Waals surface area contributed by atoms with E-state index in [4.69, 9.17) is 5.11 Å². The average molecular weight is 187 g/mol. The van der Waals surface area contributed by atoms with Gasteiger partial charge in [0.05, 0.1) is 5.56 Å². The predicted molar refractivity (Wildman–Crippen MR) is 53.2 cm³/mol. The molecule has 1 heterocycles. The smallest absolute Gasteiger partial charge is 0.335 e. The lowest BCUT2D eigenvalue weighted by molar-refractivity contribution is 0.0697. The van der Waals surface area contributed by atoms with Gasteiger partial charge in [-0.05, 0) is 29.3 Å². The molecule has 3 nitrogen and oxygen atoms in total. The van der Waals surface area contributed by atoms with Gasteiger partial charge >= 0.3 is 5.97 Å². The third-order valence-corrected chi connectivity index (χ3v) is 2.04. The first-order chi connectivity index (χ1) is 6.77. The van der Waals surface area contributed by atoms with Crippen LogP contribution in [-0.2, 0) is 0 Å². The molecule has 0 saturated carbocycles. The van der Waals surface area contributed by atoms with Crippen molar-refractivity contribution in [1.29, 1.82) is 0 Å². The highest BCUT2D eigenvalue weighted by Gasteiger charge is 2.04. The van der Waals surface area contributed by atoms with Crippen molar-refractivity contribution in [1.82, 2.24) is 4.98 Å². The zero-order chi connectivity index (χ0) is 9.97. The Balaban J connectivity index is 2.46. The van der Waals surface area contributed by atoms with Crippen molar-refractivity contribution in [2.75, 3.05) is 0 Å². The lowest BCUT2D eigenvalue weighted by atomic mass is 10.1. The van der Waals surface area contributed by atoms with Crippen LogP contribution in [0.15, 0.2) is 42.7 Å². The zero-order valence-electron chi connectivity index (χ0n) is 7.40. The number of nitrogens with one attached hydrogen (secondary N) is 1. The summed E-state index contributed by atoms with van der Waals surface area (Å²) < 4.78 is 0.